The molecule has 0 amide bonds. The van der Waals surface area contributed by atoms with Crippen LogP contribution in [0.15, 0.2) is 5.18 Å². The molecule has 4 heteroatoms. The van der Waals surface area contributed by atoms with Gasteiger partial charge in [-0.15, -0.1) is 0 Å². The van der Waals surface area contributed by atoms with Crippen molar-refractivity contribution >= 4 is 0 Å². The molecule has 0 atom stereocenters. The van der Waals surface area contributed by atoms with E-state index in [9.17, 15) is 4.91 Å². The predicted octanol–water partition coefficient (Wildman–Crippen LogP) is 0.294. The van der Waals surface area contributed by atoms with Crippen molar-refractivity contribution in [2.45, 2.75) is 6.42 Å². The first-order valence-corrected chi connectivity index (χ1v) is 3.93. The molecule has 0 heterocycles. The number of nitroso groups, excluding NO2 is 1. The third kappa shape index (κ3) is 7.42. The van der Waals surface area contributed by atoms with Crippen molar-refractivity contribution < 1.29 is 0 Å². The third-order valence-corrected chi connectivity index (χ3v) is 1.53. The zero-order valence-corrected chi connectivity index (χ0v) is 7.34. The molecular weight excluding hydrogens is 142 g/mol. The summed E-state index contributed by atoms with van der Waals surface area (Å²) in [5, 5.41) is 5.86. The minimum Gasteiger partial charge on any atom is -0.318 e. The molecule has 0 aliphatic heterocycles. The molecule has 4 nitrogen and oxygen atoms in total. The van der Waals surface area contributed by atoms with Crippen LogP contribution in [0, 0.1) is 4.91 Å². The molecule has 0 aromatic heterocycles. The Morgan fingerprint density at radius 1 is 1.45 bits per heavy atom. The maximum atomic E-state index is 9.72. The average Bonchev–Trinajstić information content (AvgIpc) is 2.01. The smallest absolute Gasteiger partial charge is 0.0823 e. The second kappa shape index (κ2) is 7.63. The Labute approximate surface area is 67.9 Å². The zero-order chi connectivity index (χ0) is 8.53. The topological polar surface area (TPSA) is 44.7 Å². The zero-order valence-electron chi connectivity index (χ0n) is 7.34. The van der Waals surface area contributed by atoms with Gasteiger partial charge in [0.1, 0.15) is 0 Å². The van der Waals surface area contributed by atoms with Crippen molar-refractivity contribution in [1.29, 1.82) is 0 Å². The van der Waals surface area contributed by atoms with Gasteiger partial charge in [0.05, 0.1) is 6.54 Å². The fraction of sp³-hybridized carbons (Fsp3) is 1.00. The largest absolute Gasteiger partial charge is 0.318 e. The highest BCUT2D eigenvalue weighted by Crippen LogP contribution is 1.86. The van der Waals surface area contributed by atoms with Crippen molar-refractivity contribution in [2.75, 3.05) is 40.3 Å². The second-order valence-electron chi connectivity index (χ2n) is 2.61. The predicted molar refractivity (Wildman–Crippen MR) is 46.7 cm³/mol. The molecule has 0 rings (SSSR count). The van der Waals surface area contributed by atoms with Crippen molar-refractivity contribution in [2.24, 2.45) is 5.18 Å². The summed E-state index contributed by atoms with van der Waals surface area (Å²) in [4.78, 5) is 11.9. The quantitative estimate of drug-likeness (QED) is 0.429. The van der Waals surface area contributed by atoms with Crippen LogP contribution in [0.5, 0.6) is 0 Å². The Morgan fingerprint density at radius 2 is 2.18 bits per heavy atom. The molecule has 1 N–H and O–H groups in total. The summed E-state index contributed by atoms with van der Waals surface area (Å²) in [6.45, 7) is 3.40. The summed E-state index contributed by atoms with van der Waals surface area (Å²) in [5.41, 5.74) is 0. The van der Waals surface area contributed by atoms with Gasteiger partial charge >= 0.3 is 0 Å². The summed E-state index contributed by atoms with van der Waals surface area (Å²) in [6, 6.07) is 0. The standard InChI is InChI=1S/C7H17N3O/c1-8-5-7-10(2)6-3-4-9-11/h8H,3-7H2,1-2H3. The van der Waals surface area contributed by atoms with E-state index in [1.807, 2.05) is 14.1 Å². The van der Waals surface area contributed by atoms with Crippen LogP contribution >= 0.6 is 0 Å². The lowest BCUT2D eigenvalue weighted by molar-refractivity contribution is 0.332. The first-order valence-electron chi connectivity index (χ1n) is 3.93. The molecule has 0 saturated heterocycles. The van der Waals surface area contributed by atoms with Crippen LogP contribution in [0.4, 0.5) is 0 Å². The first-order chi connectivity index (χ1) is 5.31. The molecule has 0 aromatic rings. The summed E-state index contributed by atoms with van der Waals surface area (Å²) in [7, 11) is 3.98. The summed E-state index contributed by atoms with van der Waals surface area (Å²) < 4.78 is 0. The molecule has 0 aliphatic rings. The Morgan fingerprint density at radius 3 is 2.73 bits per heavy atom. The van der Waals surface area contributed by atoms with Gasteiger partial charge in [0, 0.05) is 13.1 Å². The number of rotatable bonds is 7. The van der Waals surface area contributed by atoms with Gasteiger partial charge in [-0.3, -0.25) is 0 Å². The molecule has 0 aliphatic carbocycles. The van der Waals surface area contributed by atoms with Crippen molar-refractivity contribution in [3.8, 4) is 0 Å². The fourth-order valence-electron chi connectivity index (χ4n) is 0.820. The van der Waals surface area contributed by atoms with Crippen LogP contribution < -0.4 is 5.32 Å². The van der Waals surface area contributed by atoms with E-state index in [1.54, 1.807) is 0 Å². The Bertz CT molecular complexity index is 97.7. The second-order valence-corrected chi connectivity index (χ2v) is 2.61. The highest BCUT2D eigenvalue weighted by Gasteiger charge is 1.95. The molecule has 66 valence electrons. The van der Waals surface area contributed by atoms with Gasteiger partial charge < -0.3 is 10.2 Å². The Kier molecular flexibility index (Phi) is 7.29. The highest BCUT2D eigenvalue weighted by atomic mass is 16.3. The minimum atomic E-state index is 0.434. The minimum absolute atomic E-state index is 0.434. The van der Waals surface area contributed by atoms with Crippen LogP contribution in [-0.4, -0.2) is 45.2 Å². The average molecular weight is 159 g/mol. The number of hydrogen-bond acceptors (Lipinski definition) is 4. The fourth-order valence-corrected chi connectivity index (χ4v) is 0.820. The molecule has 0 bridgehead atoms. The normalized spacial score (nSPS) is 10.5. The van der Waals surface area contributed by atoms with Gasteiger partial charge in [-0.05, 0) is 27.1 Å². The number of nitrogens with one attached hydrogen (secondary N) is 1. The Balaban J connectivity index is 3.08. The monoisotopic (exact) mass is 159 g/mol. The molecule has 0 fully saturated rings. The van der Waals surface area contributed by atoms with E-state index in [1.165, 1.54) is 0 Å². The lowest BCUT2D eigenvalue weighted by Crippen LogP contribution is -2.28. The third-order valence-electron chi connectivity index (χ3n) is 1.53. The van der Waals surface area contributed by atoms with Crippen LogP contribution in [0.1, 0.15) is 6.42 Å². The maximum Gasteiger partial charge on any atom is 0.0823 e. The van der Waals surface area contributed by atoms with Gasteiger partial charge in [0.15, 0.2) is 0 Å². The van der Waals surface area contributed by atoms with E-state index in [4.69, 9.17) is 0 Å². The summed E-state index contributed by atoms with van der Waals surface area (Å²) >= 11 is 0. The lowest BCUT2D eigenvalue weighted by atomic mass is 10.4. The van der Waals surface area contributed by atoms with E-state index < -0.39 is 0 Å². The lowest BCUT2D eigenvalue weighted by Gasteiger charge is -2.14. The maximum absolute atomic E-state index is 9.72. The molecule has 0 radical (unpaired) electrons. The SMILES string of the molecule is CNCCN(C)CCCN=O. The van der Waals surface area contributed by atoms with Crippen molar-refractivity contribution in [3.05, 3.63) is 4.91 Å². The molecular formula is C7H17N3O. The van der Waals surface area contributed by atoms with Gasteiger partial charge in [-0.2, -0.15) is 4.91 Å². The number of hydrogen-bond donors (Lipinski definition) is 1. The van der Waals surface area contributed by atoms with Crippen LogP contribution in [0.2, 0.25) is 0 Å². The van der Waals surface area contributed by atoms with E-state index >= 15 is 0 Å². The molecule has 0 spiro atoms. The Hall–Kier alpha value is -0.480. The first kappa shape index (κ1) is 10.5. The van der Waals surface area contributed by atoms with Gasteiger partial charge in [0.25, 0.3) is 0 Å². The van der Waals surface area contributed by atoms with Crippen LogP contribution in [0.25, 0.3) is 0 Å². The van der Waals surface area contributed by atoms with E-state index in [-0.39, 0.29) is 0 Å². The van der Waals surface area contributed by atoms with Gasteiger partial charge in [0.2, 0.25) is 0 Å². The summed E-state index contributed by atoms with van der Waals surface area (Å²) in [6.07, 6.45) is 0.865. The summed E-state index contributed by atoms with van der Waals surface area (Å²) in [5.74, 6) is 0. The van der Waals surface area contributed by atoms with E-state index in [2.05, 4.69) is 15.4 Å². The molecule has 0 saturated carbocycles. The number of likely N-dealkylation sites (N-methyl/N-ethyl adjacent to an activating group) is 2. The van der Waals surface area contributed by atoms with Crippen molar-refractivity contribution in [1.82, 2.24) is 10.2 Å². The van der Waals surface area contributed by atoms with Gasteiger partial charge in [-0.25, -0.2) is 0 Å². The highest BCUT2D eigenvalue weighted by molar-refractivity contribution is 4.54. The van der Waals surface area contributed by atoms with Crippen LogP contribution in [-0.2, 0) is 0 Å². The van der Waals surface area contributed by atoms with Gasteiger partial charge in [-0.1, -0.05) is 5.18 Å². The molecule has 0 aromatic carbocycles. The molecule has 11 heavy (non-hydrogen) atoms. The number of nitrogens with zero attached hydrogens (tertiary/aromatic N) is 2. The van der Waals surface area contributed by atoms with E-state index in [0.717, 1.165) is 26.1 Å². The van der Waals surface area contributed by atoms with Crippen LogP contribution in [0.3, 0.4) is 0 Å². The van der Waals surface area contributed by atoms with E-state index in [0.29, 0.717) is 6.54 Å². The van der Waals surface area contributed by atoms with Crippen molar-refractivity contribution in [3.63, 3.8) is 0 Å². The molecule has 0 unspecified atom stereocenters.